The summed E-state index contributed by atoms with van der Waals surface area (Å²) in [6, 6.07) is 12.5. The lowest BCUT2D eigenvalue weighted by molar-refractivity contribution is 0.184. The highest BCUT2D eigenvalue weighted by atomic mass is 32.1. The summed E-state index contributed by atoms with van der Waals surface area (Å²) in [5, 5.41) is 6.70. The Labute approximate surface area is 122 Å². The summed E-state index contributed by atoms with van der Waals surface area (Å²) in [5.74, 6) is 0.941. The van der Waals surface area contributed by atoms with Gasteiger partial charge >= 0.3 is 0 Å². The van der Waals surface area contributed by atoms with Crippen LogP contribution in [-0.4, -0.2) is 12.1 Å². The zero-order chi connectivity index (χ0) is 13.8. The minimum absolute atomic E-state index is 0.633. The first-order valence-electron chi connectivity index (χ1n) is 6.50. The molecule has 1 aromatic carbocycles. The van der Waals surface area contributed by atoms with Crippen molar-refractivity contribution in [3.63, 3.8) is 0 Å². The zero-order valence-electron chi connectivity index (χ0n) is 11.3. The summed E-state index contributed by atoms with van der Waals surface area (Å²) in [4.78, 5) is 4.43. The number of nitrogens with one attached hydrogen (secondary N) is 1. The topological polar surface area (TPSA) is 34.1 Å². The van der Waals surface area contributed by atoms with Gasteiger partial charge in [0.05, 0.1) is 6.61 Å². The van der Waals surface area contributed by atoms with E-state index < -0.39 is 0 Å². The summed E-state index contributed by atoms with van der Waals surface area (Å²) in [6.07, 6.45) is 1.85. The van der Waals surface area contributed by atoms with Gasteiger partial charge in [-0.2, -0.15) is 0 Å². The van der Waals surface area contributed by atoms with E-state index in [2.05, 4.69) is 39.9 Å². The van der Waals surface area contributed by atoms with Crippen molar-refractivity contribution in [1.82, 2.24) is 4.98 Å². The third-order valence-corrected chi connectivity index (χ3v) is 4.13. The number of ether oxygens (including phenoxy) is 1. The summed E-state index contributed by atoms with van der Waals surface area (Å²) in [6.45, 7) is 1.38. The van der Waals surface area contributed by atoms with Crippen LogP contribution in [0.25, 0.3) is 10.1 Å². The normalized spacial score (nSPS) is 10.8. The van der Waals surface area contributed by atoms with E-state index in [0.717, 1.165) is 12.4 Å². The number of benzene rings is 1. The van der Waals surface area contributed by atoms with E-state index in [1.165, 1.54) is 21.2 Å². The molecule has 0 aliphatic carbocycles. The van der Waals surface area contributed by atoms with Crippen molar-refractivity contribution in [3.05, 3.63) is 59.1 Å². The number of pyridine rings is 1. The number of aromatic nitrogens is 1. The van der Waals surface area contributed by atoms with Gasteiger partial charge in [0.15, 0.2) is 0 Å². The van der Waals surface area contributed by atoms with Crippen molar-refractivity contribution in [2.75, 3.05) is 12.4 Å². The first kappa shape index (κ1) is 13.1. The molecule has 0 fully saturated rings. The van der Waals surface area contributed by atoms with E-state index >= 15 is 0 Å². The van der Waals surface area contributed by atoms with E-state index in [1.54, 1.807) is 18.4 Å². The number of hydrogen-bond donors (Lipinski definition) is 1. The summed E-state index contributed by atoms with van der Waals surface area (Å²) in [5.41, 5.74) is 2.45. The van der Waals surface area contributed by atoms with Crippen molar-refractivity contribution < 1.29 is 4.74 Å². The van der Waals surface area contributed by atoms with Gasteiger partial charge in [-0.25, -0.2) is 4.98 Å². The average Bonchev–Trinajstić information content (AvgIpc) is 2.96. The van der Waals surface area contributed by atoms with Crippen LogP contribution in [0, 0.1) is 0 Å². The highest BCUT2D eigenvalue weighted by Crippen LogP contribution is 2.26. The molecule has 20 heavy (non-hydrogen) atoms. The second-order valence-electron chi connectivity index (χ2n) is 4.55. The number of fused-ring (bicyclic) bond motifs is 1. The van der Waals surface area contributed by atoms with E-state index in [9.17, 15) is 0 Å². The SMILES string of the molecule is COCc1ccccc1CNc1nccc2sccc12. The molecule has 0 saturated heterocycles. The van der Waals surface area contributed by atoms with Crippen molar-refractivity contribution in [1.29, 1.82) is 0 Å². The third-order valence-electron chi connectivity index (χ3n) is 3.24. The Morgan fingerprint density at radius 3 is 2.85 bits per heavy atom. The third kappa shape index (κ3) is 2.66. The van der Waals surface area contributed by atoms with Crippen molar-refractivity contribution in [3.8, 4) is 0 Å². The fraction of sp³-hybridized carbons (Fsp3) is 0.188. The van der Waals surface area contributed by atoms with Gasteiger partial charge in [-0.3, -0.25) is 0 Å². The fourth-order valence-electron chi connectivity index (χ4n) is 2.24. The lowest BCUT2D eigenvalue weighted by Crippen LogP contribution is -2.04. The molecule has 2 aromatic heterocycles. The van der Waals surface area contributed by atoms with Crippen LogP contribution in [0.2, 0.25) is 0 Å². The Balaban J connectivity index is 1.81. The fourth-order valence-corrected chi connectivity index (χ4v) is 3.02. The molecule has 0 bridgehead atoms. The van der Waals surface area contributed by atoms with Crippen LogP contribution in [-0.2, 0) is 17.9 Å². The second kappa shape index (κ2) is 6.03. The van der Waals surface area contributed by atoms with E-state index in [4.69, 9.17) is 4.74 Å². The summed E-state index contributed by atoms with van der Waals surface area (Å²) < 4.78 is 6.49. The average molecular weight is 284 g/mol. The molecular weight excluding hydrogens is 268 g/mol. The lowest BCUT2D eigenvalue weighted by atomic mass is 10.1. The van der Waals surface area contributed by atoms with Crippen molar-refractivity contribution in [2.24, 2.45) is 0 Å². The molecule has 1 N–H and O–H groups in total. The van der Waals surface area contributed by atoms with Gasteiger partial charge in [-0.05, 0) is 28.6 Å². The van der Waals surface area contributed by atoms with Gasteiger partial charge in [0.2, 0.25) is 0 Å². The number of methoxy groups -OCH3 is 1. The van der Waals surface area contributed by atoms with E-state index in [0.29, 0.717) is 6.61 Å². The predicted molar refractivity (Wildman–Crippen MR) is 84.1 cm³/mol. The molecule has 0 unspecified atom stereocenters. The maximum Gasteiger partial charge on any atom is 0.134 e. The van der Waals surface area contributed by atoms with Crippen molar-refractivity contribution in [2.45, 2.75) is 13.2 Å². The van der Waals surface area contributed by atoms with Crippen molar-refractivity contribution >= 4 is 27.2 Å². The molecule has 0 spiro atoms. The van der Waals surface area contributed by atoms with Gasteiger partial charge < -0.3 is 10.1 Å². The highest BCUT2D eigenvalue weighted by molar-refractivity contribution is 7.17. The number of thiophene rings is 1. The molecule has 102 valence electrons. The Kier molecular flexibility index (Phi) is 3.95. The van der Waals surface area contributed by atoms with Crippen LogP contribution >= 0.6 is 11.3 Å². The van der Waals surface area contributed by atoms with Crippen LogP contribution in [0.5, 0.6) is 0 Å². The second-order valence-corrected chi connectivity index (χ2v) is 5.49. The Morgan fingerprint density at radius 2 is 2.00 bits per heavy atom. The van der Waals surface area contributed by atoms with E-state index in [1.807, 2.05) is 18.3 Å². The molecule has 3 nitrogen and oxygen atoms in total. The summed E-state index contributed by atoms with van der Waals surface area (Å²) >= 11 is 1.73. The number of rotatable bonds is 5. The molecule has 4 heteroatoms. The largest absolute Gasteiger partial charge is 0.380 e. The quantitative estimate of drug-likeness (QED) is 0.767. The molecule has 3 rings (SSSR count). The van der Waals surface area contributed by atoms with Gasteiger partial charge in [0.1, 0.15) is 5.82 Å². The molecule has 0 atom stereocenters. The molecule has 2 heterocycles. The first-order valence-corrected chi connectivity index (χ1v) is 7.38. The van der Waals surface area contributed by atoms with Gasteiger partial charge in [-0.1, -0.05) is 24.3 Å². The Hall–Kier alpha value is -1.91. The van der Waals surface area contributed by atoms with Crippen LogP contribution in [0.15, 0.2) is 48.0 Å². The van der Waals surface area contributed by atoms with E-state index in [-0.39, 0.29) is 0 Å². The van der Waals surface area contributed by atoms with Gasteiger partial charge in [0.25, 0.3) is 0 Å². The molecule has 0 aliphatic heterocycles. The number of nitrogens with zero attached hydrogens (tertiary/aromatic N) is 1. The monoisotopic (exact) mass is 284 g/mol. The number of hydrogen-bond acceptors (Lipinski definition) is 4. The minimum Gasteiger partial charge on any atom is -0.380 e. The predicted octanol–water partition coefficient (Wildman–Crippen LogP) is 4.05. The Bertz CT molecular complexity index is 708. The van der Waals surface area contributed by atoms with Crippen LogP contribution in [0.3, 0.4) is 0 Å². The maximum absolute atomic E-state index is 5.24. The number of anilines is 1. The molecule has 0 radical (unpaired) electrons. The first-order chi connectivity index (χ1) is 9.88. The van der Waals surface area contributed by atoms with Crippen LogP contribution in [0.4, 0.5) is 5.82 Å². The van der Waals surface area contributed by atoms with Crippen LogP contribution in [0.1, 0.15) is 11.1 Å². The van der Waals surface area contributed by atoms with Crippen LogP contribution < -0.4 is 5.32 Å². The highest BCUT2D eigenvalue weighted by Gasteiger charge is 2.05. The molecule has 3 aromatic rings. The minimum atomic E-state index is 0.633. The standard InChI is InChI=1S/C16H16N2OS/c1-19-11-13-5-3-2-4-12(13)10-18-16-14-7-9-20-15(14)6-8-17-16/h2-9H,10-11H2,1H3,(H,17,18). The van der Waals surface area contributed by atoms with Gasteiger partial charge in [-0.15, -0.1) is 11.3 Å². The zero-order valence-corrected chi connectivity index (χ0v) is 12.1. The molecule has 0 aliphatic rings. The van der Waals surface area contributed by atoms with Gasteiger partial charge in [0, 0.05) is 29.9 Å². The maximum atomic E-state index is 5.24. The smallest absolute Gasteiger partial charge is 0.134 e. The Morgan fingerprint density at radius 1 is 1.15 bits per heavy atom. The summed E-state index contributed by atoms with van der Waals surface area (Å²) in [7, 11) is 1.72. The molecule has 0 saturated carbocycles. The molecular formula is C16H16N2OS. The lowest BCUT2D eigenvalue weighted by Gasteiger charge is -2.11. The molecule has 0 amide bonds.